The van der Waals surface area contributed by atoms with Crippen LogP contribution < -0.4 is 5.32 Å². The Bertz CT molecular complexity index is 273. The number of ether oxygens (including phenoxy) is 1. The van der Waals surface area contributed by atoms with E-state index >= 15 is 0 Å². The third-order valence-corrected chi connectivity index (χ3v) is 2.15. The van der Waals surface area contributed by atoms with Gasteiger partial charge in [0, 0.05) is 6.92 Å². The molecule has 1 heterocycles. The number of hydrogen-bond acceptors (Lipinski definition) is 6. The Labute approximate surface area is 87.7 Å². The van der Waals surface area contributed by atoms with Crippen LogP contribution in [0.15, 0.2) is 0 Å². The molecule has 0 aliphatic carbocycles. The zero-order chi connectivity index (χ0) is 12.5. The van der Waals surface area contributed by atoms with Crippen molar-refractivity contribution in [3.05, 3.63) is 0 Å². The van der Waals surface area contributed by atoms with Gasteiger partial charge < -0.3 is 30.5 Å². The molecular formula is C8H15NO6. The molecule has 7 nitrogen and oxygen atoms in total. The van der Waals surface area contributed by atoms with E-state index in [0.717, 1.165) is 6.92 Å². The highest BCUT2D eigenvalue weighted by atomic mass is 16.6. The molecule has 0 aromatic rings. The second kappa shape index (κ2) is 4.86. The number of aliphatic hydroxyl groups is 4. The first-order valence-corrected chi connectivity index (χ1v) is 4.44. The fourth-order valence-corrected chi connectivity index (χ4v) is 1.37. The summed E-state index contributed by atoms with van der Waals surface area (Å²) in [5.74, 6) is -0.590. The monoisotopic (exact) mass is 222 g/mol. The zero-order valence-electron chi connectivity index (χ0n) is 9.12. The fourth-order valence-electron chi connectivity index (χ4n) is 1.37. The Morgan fingerprint density at radius 2 is 2.07 bits per heavy atom. The molecule has 88 valence electrons. The lowest BCUT2D eigenvalue weighted by Crippen LogP contribution is -2.63. The number of hydrogen-bond donors (Lipinski definition) is 5. The van der Waals surface area contributed by atoms with Crippen LogP contribution >= 0.6 is 0 Å². The maximum atomic E-state index is 10.8. The fraction of sp³-hybridized carbons (Fsp3) is 0.875. The van der Waals surface area contributed by atoms with E-state index in [1.165, 1.54) is 0 Å². The van der Waals surface area contributed by atoms with E-state index in [-0.39, 0.29) is 0 Å². The van der Waals surface area contributed by atoms with Crippen LogP contribution in [0, 0.1) is 0 Å². The summed E-state index contributed by atoms with van der Waals surface area (Å²) in [5, 5.41) is 39.5. The van der Waals surface area contributed by atoms with Crippen LogP contribution in [-0.4, -0.2) is 63.6 Å². The SMILES string of the molecule is [2H]C1(O)O[C@H](CO)[C@@H](O)[C@H](O)[C@@H]1NC(C)=O. The van der Waals surface area contributed by atoms with Crippen molar-refractivity contribution in [2.24, 2.45) is 0 Å². The number of carbonyl (C=O) groups excluding carboxylic acids is 1. The predicted octanol–water partition coefficient (Wildman–Crippen LogP) is -3.08. The lowest BCUT2D eigenvalue weighted by molar-refractivity contribution is -0.253. The molecule has 1 amide bonds. The molecule has 1 unspecified atom stereocenters. The molecule has 1 fully saturated rings. The van der Waals surface area contributed by atoms with Gasteiger partial charge in [-0.3, -0.25) is 4.79 Å². The number of carbonyl (C=O) groups is 1. The van der Waals surface area contributed by atoms with Gasteiger partial charge in [-0.05, 0) is 0 Å². The second-order valence-electron chi connectivity index (χ2n) is 3.34. The zero-order valence-corrected chi connectivity index (χ0v) is 8.12. The number of rotatable bonds is 2. The molecule has 5 atom stereocenters. The smallest absolute Gasteiger partial charge is 0.217 e. The summed E-state index contributed by atoms with van der Waals surface area (Å²) in [6.07, 6.45) is -6.97. The molecule has 1 aliphatic heterocycles. The van der Waals surface area contributed by atoms with E-state index in [4.69, 9.17) is 6.48 Å². The number of aliphatic hydroxyl groups excluding tert-OH is 3. The number of nitrogens with one attached hydrogen (secondary N) is 1. The van der Waals surface area contributed by atoms with Gasteiger partial charge in [-0.15, -0.1) is 0 Å². The maximum absolute atomic E-state index is 10.8. The minimum absolute atomic E-state index is 0.590. The molecule has 1 saturated heterocycles. The first-order valence-electron chi connectivity index (χ1n) is 4.94. The molecule has 0 radical (unpaired) electrons. The van der Waals surface area contributed by atoms with Crippen molar-refractivity contribution < 1.29 is 31.3 Å². The molecule has 1 aliphatic rings. The highest BCUT2D eigenvalue weighted by molar-refractivity contribution is 5.73. The van der Waals surface area contributed by atoms with Crippen molar-refractivity contribution in [1.82, 2.24) is 5.32 Å². The van der Waals surface area contributed by atoms with Crippen LogP contribution in [0.2, 0.25) is 0 Å². The highest BCUT2D eigenvalue weighted by Gasteiger charge is 2.43. The lowest BCUT2D eigenvalue weighted by atomic mass is 9.97. The average molecular weight is 222 g/mol. The third kappa shape index (κ3) is 2.64. The van der Waals surface area contributed by atoms with Crippen LogP contribution in [0.25, 0.3) is 0 Å². The van der Waals surface area contributed by atoms with E-state index in [1.54, 1.807) is 0 Å². The van der Waals surface area contributed by atoms with Gasteiger partial charge >= 0.3 is 0 Å². The van der Waals surface area contributed by atoms with Gasteiger partial charge in [-0.1, -0.05) is 0 Å². The van der Waals surface area contributed by atoms with Crippen molar-refractivity contribution >= 4 is 5.91 Å². The Morgan fingerprint density at radius 1 is 1.47 bits per heavy atom. The van der Waals surface area contributed by atoms with Gasteiger partial charge in [-0.2, -0.15) is 0 Å². The molecular weight excluding hydrogens is 206 g/mol. The van der Waals surface area contributed by atoms with Crippen LogP contribution in [-0.2, 0) is 9.53 Å². The second-order valence-corrected chi connectivity index (χ2v) is 3.34. The van der Waals surface area contributed by atoms with Crippen LogP contribution in [0.4, 0.5) is 0 Å². The van der Waals surface area contributed by atoms with Crippen molar-refractivity contribution in [2.75, 3.05) is 6.61 Å². The van der Waals surface area contributed by atoms with Crippen molar-refractivity contribution in [2.45, 2.75) is 37.5 Å². The Kier molecular flexibility index (Phi) is 3.49. The lowest BCUT2D eigenvalue weighted by Gasteiger charge is -2.40. The van der Waals surface area contributed by atoms with Gasteiger partial charge in [0.15, 0.2) is 6.27 Å². The highest BCUT2D eigenvalue weighted by Crippen LogP contribution is 2.19. The minimum Gasteiger partial charge on any atom is -0.394 e. The third-order valence-electron chi connectivity index (χ3n) is 2.15. The molecule has 5 N–H and O–H groups in total. The largest absolute Gasteiger partial charge is 0.394 e. The van der Waals surface area contributed by atoms with E-state index in [9.17, 15) is 20.1 Å². The van der Waals surface area contributed by atoms with Gasteiger partial charge in [0.2, 0.25) is 5.91 Å². The molecule has 0 bridgehead atoms. The van der Waals surface area contributed by atoms with Crippen molar-refractivity contribution in [1.29, 1.82) is 0 Å². The van der Waals surface area contributed by atoms with E-state index in [0.29, 0.717) is 0 Å². The van der Waals surface area contributed by atoms with Crippen molar-refractivity contribution in [3.8, 4) is 0 Å². The maximum Gasteiger partial charge on any atom is 0.217 e. The summed E-state index contributed by atoms with van der Waals surface area (Å²) in [4.78, 5) is 10.8. The van der Waals surface area contributed by atoms with Crippen LogP contribution in [0.3, 0.4) is 0 Å². The Balaban J connectivity index is 2.87. The number of amides is 1. The normalized spacial score (nSPS) is 47.1. The molecule has 0 aromatic carbocycles. The summed E-state index contributed by atoms with van der Waals surface area (Å²) in [5.41, 5.74) is 0. The van der Waals surface area contributed by atoms with Crippen LogP contribution in [0.5, 0.6) is 0 Å². The topological polar surface area (TPSA) is 119 Å². The van der Waals surface area contributed by atoms with Crippen LogP contribution in [0.1, 0.15) is 8.29 Å². The first kappa shape index (κ1) is 10.8. The minimum atomic E-state index is -2.60. The van der Waals surface area contributed by atoms with E-state index in [2.05, 4.69) is 10.1 Å². The molecule has 0 spiro atoms. The summed E-state index contributed by atoms with van der Waals surface area (Å²) >= 11 is 0. The van der Waals surface area contributed by atoms with E-state index < -0.39 is 43.1 Å². The van der Waals surface area contributed by atoms with Gasteiger partial charge in [-0.25, -0.2) is 0 Å². The van der Waals surface area contributed by atoms with Gasteiger partial charge in [0.25, 0.3) is 0 Å². The molecule has 0 aromatic heterocycles. The standard InChI is InChI=1S/C8H15NO6/c1-3(11)9-5-7(13)6(12)4(2-10)15-8(5)14/h4-8,10,12-14H,2H2,1H3,(H,9,11)/t4-,5+,6-,7-,8?/m1/s1/i8D. The Hall–Kier alpha value is -0.730. The molecule has 1 rings (SSSR count). The van der Waals surface area contributed by atoms with E-state index in [1.807, 2.05) is 0 Å². The van der Waals surface area contributed by atoms with Gasteiger partial charge in [0.1, 0.15) is 24.4 Å². The predicted molar refractivity (Wildman–Crippen MR) is 47.6 cm³/mol. The molecule has 0 saturated carbocycles. The first-order chi connectivity index (χ1) is 7.29. The van der Waals surface area contributed by atoms with Gasteiger partial charge in [0.05, 0.1) is 7.98 Å². The average Bonchev–Trinajstić information content (AvgIpc) is 2.18. The van der Waals surface area contributed by atoms with Crippen molar-refractivity contribution in [3.63, 3.8) is 0 Å². The Morgan fingerprint density at radius 3 is 2.53 bits per heavy atom. The summed E-state index contributed by atoms with van der Waals surface area (Å²) in [6, 6.07) is -1.48. The summed E-state index contributed by atoms with van der Waals surface area (Å²) in [7, 11) is 0. The quantitative estimate of drug-likeness (QED) is 0.338. The summed E-state index contributed by atoms with van der Waals surface area (Å²) < 4.78 is 12.0. The summed E-state index contributed by atoms with van der Waals surface area (Å²) in [6.45, 7) is 0.472. The molecule has 15 heavy (non-hydrogen) atoms. The molecule has 7 heteroatoms.